The van der Waals surface area contributed by atoms with Gasteiger partial charge in [0.25, 0.3) is 5.91 Å². The molecule has 0 unspecified atom stereocenters. The third-order valence-electron chi connectivity index (χ3n) is 3.16. The molecule has 0 radical (unpaired) electrons. The number of esters is 1. The van der Waals surface area contributed by atoms with Crippen LogP contribution in [0, 0.1) is 0 Å². The molecule has 1 fully saturated rings. The van der Waals surface area contributed by atoms with Gasteiger partial charge in [0, 0.05) is 20.1 Å². The standard InChI is InChI=1S/C14H20N4O3/c1-4-21-13(19)9-18(10-5-6-10)12-8-7-11(15-16-12)14(20)17(2)3/h7-8,10H,4-6,9H2,1-3H3. The average Bonchev–Trinajstić information content (AvgIpc) is 3.29. The zero-order chi connectivity index (χ0) is 15.4. The maximum absolute atomic E-state index is 11.8. The number of ether oxygens (including phenoxy) is 1. The molecule has 0 saturated heterocycles. The zero-order valence-corrected chi connectivity index (χ0v) is 12.6. The first-order valence-electron chi connectivity index (χ1n) is 7.00. The van der Waals surface area contributed by atoms with Crippen molar-refractivity contribution in [2.24, 2.45) is 0 Å². The second kappa shape index (κ2) is 6.51. The Balaban J connectivity index is 2.10. The monoisotopic (exact) mass is 292 g/mol. The smallest absolute Gasteiger partial charge is 0.325 e. The molecular weight excluding hydrogens is 272 g/mol. The molecule has 1 aromatic rings. The number of aromatic nitrogens is 2. The number of hydrogen-bond acceptors (Lipinski definition) is 6. The lowest BCUT2D eigenvalue weighted by molar-refractivity contribution is -0.141. The first-order valence-corrected chi connectivity index (χ1v) is 7.00. The second-order valence-corrected chi connectivity index (χ2v) is 5.14. The lowest BCUT2D eigenvalue weighted by atomic mass is 10.3. The molecule has 1 heterocycles. The van der Waals surface area contributed by atoms with Gasteiger partial charge < -0.3 is 14.5 Å². The van der Waals surface area contributed by atoms with Crippen LogP contribution in [0.1, 0.15) is 30.3 Å². The van der Waals surface area contributed by atoms with Crippen LogP contribution in [0.3, 0.4) is 0 Å². The van der Waals surface area contributed by atoms with Crippen molar-refractivity contribution >= 4 is 17.7 Å². The van der Waals surface area contributed by atoms with Gasteiger partial charge in [0.15, 0.2) is 11.5 Å². The van der Waals surface area contributed by atoms with E-state index < -0.39 is 0 Å². The zero-order valence-electron chi connectivity index (χ0n) is 12.6. The Labute approximate surface area is 123 Å². The van der Waals surface area contributed by atoms with Crippen molar-refractivity contribution in [2.45, 2.75) is 25.8 Å². The van der Waals surface area contributed by atoms with E-state index in [1.807, 2.05) is 4.90 Å². The summed E-state index contributed by atoms with van der Waals surface area (Å²) in [7, 11) is 3.32. The fourth-order valence-corrected chi connectivity index (χ4v) is 1.95. The molecule has 1 aliphatic rings. The number of anilines is 1. The fraction of sp³-hybridized carbons (Fsp3) is 0.571. The Morgan fingerprint density at radius 3 is 2.48 bits per heavy atom. The first-order chi connectivity index (χ1) is 10.0. The van der Waals surface area contributed by atoms with E-state index in [-0.39, 0.29) is 24.1 Å². The molecule has 1 aromatic heterocycles. The molecule has 1 aliphatic carbocycles. The molecule has 0 N–H and O–H groups in total. The van der Waals surface area contributed by atoms with Gasteiger partial charge in [-0.2, -0.15) is 0 Å². The largest absolute Gasteiger partial charge is 0.465 e. The maximum Gasteiger partial charge on any atom is 0.325 e. The SMILES string of the molecule is CCOC(=O)CN(c1ccc(C(=O)N(C)C)nn1)C1CC1. The molecule has 114 valence electrons. The molecule has 0 aliphatic heterocycles. The summed E-state index contributed by atoms with van der Waals surface area (Å²) in [6.07, 6.45) is 2.05. The lowest BCUT2D eigenvalue weighted by Crippen LogP contribution is -2.34. The molecular formula is C14H20N4O3. The Kier molecular flexibility index (Phi) is 4.72. The van der Waals surface area contributed by atoms with E-state index in [2.05, 4.69) is 10.2 Å². The molecule has 2 rings (SSSR count). The Bertz CT molecular complexity index is 511. The van der Waals surface area contributed by atoms with Crippen LogP contribution in [0.15, 0.2) is 12.1 Å². The van der Waals surface area contributed by atoms with Gasteiger partial charge in [-0.1, -0.05) is 0 Å². The van der Waals surface area contributed by atoms with Crippen LogP contribution in [0.4, 0.5) is 5.82 Å². The predicted octanol–water partition coefficient (Wildman–Crippen LogP) is 0.710. The van der Waals surface area contributed by atoms with Crippen LogP contribution in [0.25, 0.3) is 0 Å². The fourth-order valence-electron chi connectivity index (χ4n) is 1.95. The van der Waals surface area contributed by atoms with E-state index in [4.69, 9.17) is 4.74 Å². The van der Waals surface area contributed by atoms with Crippen molar-refractivity contribution < 1.29 is 14.3 Å². The average molecular weight is 292 g/mol. The molecule has 1 amide bonds. The summed E-state index contributed by atoms with van der Waals surface area (Å²) < 4.78 is 4.98. The molecule has 0 bridgehead atoms. The van der Waals surface area contributed by atoms with E-state index in [0.717, 1.165) is 12.8 Å². The quantitative estimate of drug-likeness (QED) is 0.719. The highest BCUT2D eigenvalue weighted by atomic mass is 16.5. The van der Waals surface area contributed by atoms with Gasteiger partial charge >= 0.3 is 5.97 Å². The highest BCUT2D eigenvalue weighted by molar-refractivity contribution is 5.91. The lowest BCUT2D eigenvalue weighted by Gasteiger charge is -2.21. The predicted molar refractivity (Wildman–Crippen MR) is 77.1 cm³/mol. The highest BCUT2D eigenvalue weighted by Crippen LogP contribution is 2.30. The summed E-state index contributed by atoms with van der Waals surface area (Å²) in [5, 5.41) is 8.03. The molecule has 0 aromatic carbocycles. The summed E-state index contributed by atoms with van der Waals surface area (Å²) >= 11 is 0. The maximum atomic E-state index is 11.8. The van der Waals surface area contributed by atoms with E-state index in [0.29, 0.717) is 18.5 Å². The van der Waals surface area contributed by atoms with E-state index in [1.165, 1.54) is 4.90 Å². The van der Waals surface area contributed by atoms with Gasteiger partial charge in [0.1, 0.15) is 6.54 Å². The van der Waals surface area contributed by atoms with Crippen molar-refractivity contribution in [1.29, 1.82) is 0 Å². The minimum atomic E-state index is -0.278. The highest BCUT2D eigenvalue weighted by Gasteiger charge is 2.32. The van der Waals surface area contributed by atoms with Crippen LogP contribution in [0.2, 0.25) is 0 Å². The van der Waals surface area contributed by atoms with Gasteiger partial charge in [-0.05, 0) is 31.9 Å². The summed E-state index contributed by atoms with van der Waals surface area (Å²) in [6, 6.07) is 3.66. The summed E-state index contributed by atoms with van der Waals surface area (Å²) in [5.74, 6) is 0.123. The summed E-state index contributed by atoms with van der Waals surface area (Å²) in [5.41, 5.74) is 0.288. The summed E-state index contributed by atoms with van der Waals surface area (Å²) in [4.78, 5) is 26.8. The molecule has 1 saturated carbocycles. The Morgan fingerprint density at radius 2 is 2.00 bits per heavy atom. The van der Waals surface area contributed by atoms with Crippen LogP contribution >= 0.6 is 0 Å². The van der Waals surface area contributed by atoms with Crippen LogP contribution < -0.4 is 4.90 Å². The van der Waals surface area contributed by atoms with E-state index in [9.17, 15) is 9.59 Å². The van der Waals surface area contributed by atoms with Gasteiger partial charge in [-0.25, -0.2) is 0 Å². The number of nitrogens with zero attached hydrogens (tertiary/aromatic N) is 4. The number of carbonyl (C=O) groups excluding carboxylic acids is 2. The van der Waals surface area contributed by atoms with Crippen LogP contribution in [-0.2, 0) is 9.53 Å². The van der Waals surface area contributed by atoms with Gasteiger partial charge in [0.05, 0.1) is 6.61 Å². The van der Waals surface area contributed by atoms with Crippen LogP contribution in [-0.4, -0.2) is 60.3 Å². The van der Waals surface area contributed by atoms with Crippen molar-refractivity contribution in [3.8, 4) is 0 Å². The van der Waals surface area contributed by atoms with Crippen molar-refractivity contribution in [3.63, 3.8) is 0 Å². The molecule has 7 nitrogen and oxygen atoms in total. The minimum Gasteiger partial charge on any atom is -0.465 e. The Hall–Kier alpha value is -2.18. The normalized spacial score (nSPS) is 13.7. The number of carbonyl (C=O) groups is 2. The third-order valence-corrected chi connectivity index (χ3v) is 3.16. The topological polar surface area (TPSA) is 75.6 Å². The Morgan fingerprint density at radius 1 is 1.29 bits per heavy atom. The summed E-state index contributed by atoms with van der Waals surface area (Å²) in [6.45, 7) is 2.30. The van der Waals surface area contributed by atoms with Gasteiger partial charge in [0.2, 0.25) is 0 Å². The van der Waals surface area contributed by atoms with Gasteiger partial charge in [-0.3, -0.25) is 9.59 Å². The number of rotatable bonds is 6. The van der Waals surface area contributed by atoms with E-state index in [1.54, 1.807) is 33.2 Å². The van der Waals surface area contributed by atoms with Crippen molar-refractivity contribution in [3.05, 3.63) is 17.8 Å². The molecule has 0 atom stereocenters. The third kappa shape index (κ3) is 3.90. The number of amides is 1. The minimum absolute atomic E-state index is 0.161. The second-order valence-electron chi connectivity index (χ2n) is 5.14. The van der Waals surface area contributed by atoms with E-state index >= 15 is 0 Å². The first kappa shape index (κ1) is 15.2. The molecule has 21 heavy (non-hydrogen) atoms. The molecule has 7 heteroatoms. The van der Waals surface area contributed by atoms with Crippen molar-refractivity contribution in [1.82, 2.24) is 15.1 Å². The van der Waals surface area contributed by atoms with Crippen LogP contribution in [0.5, 0.6) is 0 Å². The number of hydrogen-bond donors (Lipinski definition) is 0. The van der Waals surface area contributed by atoms with Crippen molar-refractivity contribution in [2.75, 3.05) is 32.1 Å². The molecule has 0 spiro atoms. The van der Waals surface area contributed by atoms with Gasteiger partial charge in [-0.15, -0.1) is 10.2 Å².